The lowest BCUT2D eigenvalue weighted by atomic mass is 10.1. The van der Waals surface area contributed by atoms with E-state index in [1.165, 1.54) is 11.3 Å². The molecule has 0 bridgehead atoms. The predicted molar refractivity (Wildman–Crippen MR) is 105 cm³/mol. The minimum absolute atomic E-state index is 0.416. The molecule has 4 aromatic rings. The van der Waals surface area contributed by atoms with E-state index < -0.39 is 5.63 Å². The fraction of sp³-hybridized carbons (Fsp3) is 0.100. The minimum atomic E-state index is -0.416. The second-order valence-corrected chi connectivity index (χ2v) is 6.58. The zero-order valence-electron chi connectivity index (χ0n) is 14.5. The van der Waals surface area contributed by atoms with Crippen molar-refractivity contribution in [3.8, 4) is 17.0 Å². The van der Waals surface area contributed by atoms with E-state index in [4.69, 9.17) is 9.15 Å². The van der Waals surface area contributed by atoms with E-state index in [0.29, 0.717) is 28.5 Å². The molecule has 4 rings (SSSR count). The maximum atomic E-state index is 12.2. The summed E-state index contributed by atoms with van der Waals surface area (Å²) in [6.07, 6.45) is 0. The van der Waals surface area contributed by atoms with E-state index >= 15 is 0 Å². The summed E-state index contributed by atoms with van der Waals surface area (Å²) < 4.78 is 10.5. The molecule has 6 nitrogen and oxygen atoms in total. The Labute approximate surface area is 158 Å². The summed E-state index contributed by atoms with van der Waals surface area (Å²) >= 11 is 1.33. The van der Waals surface area contributed by atoms with Crippen LogP contribution >= 0.6 is 11.3 Å². The number of ether oxygens (including phenoxy) is 1. The standard InChI is InChI=1S/C20H15N3O3S/c1-25-15-8-6-13(7-9-15)11-21-23-20-22-17(12-27-20)16-10-14-4-2-3-5-18(14)26-19(16)24/h2-10,12H,11H2,1H3. The van der Waals surface area contributed by atoms with Crippen LogP contribution in [0.25, 0.3) is 22.2 Å². The average molecular weight is 377 g/mol. The first kappa shape index (κ1) is 17.1. The Morgan fingerprint density at radius 1 is 1.15 bits per heavy atom. The lowest BCUT2D eigenvalue weighted by Gasteiger charge is -1.99. The van der Waals surface area contributed by atoms with Crippen LogP contribution in [-0.4, -0.2) is 12.1 Å². The molecule has 0 spiro atoms. The van der Waals surface area contributed by atoms with Crippen LogP contribution in [0.1, 0.15) is 5.56 Å². The number of nitrogens with zero attached hydrogens (tertiary/aromatic N) is 3. The molecular formula is C20H15N3O3S. The Hall–Kier alpha value is -3.32. The molecule has 0 fully saturated rings. The Balaban J connectivity index is 1.53. The molecule has 0 atom stereocenters. The van der Waals surface area contributed by atoms with Gasteiger partial charge in [-0.15, -0.1) is 16.5 Å². The van der Waals surface area contributed by atoms with Crippen molar-refractivity contribution in [3.05, 3.63) is 76.0 Å². The van der Waals surface area contributed by atoms with Crippen LogP contribution in [0.4, 0.5) is 5.13 Å². The fourth-order valence-corrected chi connectivity index (χ4v) is 3.24. The summed E-state index contributed by atoms with van der Waals surface area (Å²) in [5.74, 6) is 0.800. The van der Waals surface area contributed by atoms with Crippen molar-refractivity contribution in [2.45, 2.75) is 6.54 Å². The van der Waals surface area contributed by atoms with Crippen molar-refractivity contribution in [1.82, 2.24) is 4.98 Å². The predicted octanol–water partition coefficient (Wildman–Crippen LogP) is 5.21. The third-order valence-electron chi connectivity index (χ3n) is 3.98. The summed E-state index contributed by atoms with van der Waals surface area (Å²) in [5, 5.41) is 11.5. The van der Waals surface area contributed by atoms with Crippen LogP contribution in [0.5, 0.6) is 5.75 Å². The van der Waals surface area contributed by atoms with Crippen LogP contribution in [0.3, 0.4) is 0 Å². The SMILES string of the molecule is COc1ccc(CN=Nc2nc(-c3cc4ccccc4oc3=O)cs2)cc1. The number of methoxy groups -OCH3 is 1. The molecule has 2 heterocycles. The molecule has 7 heteroatoms. The van der Waals surface area contributed by atoms with E-state index in [1.54, 1.807) is 24.6 Å². The van der Waals surface area contributed by atoms with Gasteiger partial charge in [-0.25, -0.2) is 9.78 Å². The van der Waals surface area contributed by atoms with Crippen LogP contribution in [0, 0.1) is 0 Å². The molecule has 0 aliphatic rings. The van der Waals surface area contributed by atoms with Gasteiger partial charge >= 0.3 is 5.63 Å². The van der Waals surface area contributed by atoms with Crippen LogP contribution < -0.4 is 10.4 Å². The van der Waals surface area contributed by atoms with Gasteiger partial charge < -0.3 is 9.15 Å². The van der Waals surface area contributed by atoms with Crippen molar-refractivity contribution in [3.63, 3.8) is 0 Å². The van der Waals surface area contributed by atoms with E-state index in [9.17, 15) is 4.79 Å². The minimum Gasteiger partial charge on any atom is -0.497 e. The van der Waals surface area contributed by atoms with Gasteiger partial charge in [0.1, 0.15) is 11.3 Å². The molecular weight excluding hydrogens is 362 g/mol. The first-order valence-electron chi connectivity index (χ1n) is 8.22. The lowest BCUT2D eigenvalue weighted by molar-refractivity contribution is 0.414. The van der Waals surface area contributed by atoms with Gasteiger partial charge in [0, 0.05) is 10.8 Å². The Morgan fingerprint density at radius 3 is 2.78 bits per heavy atom. The highest BCUT2D eigenvalue weighted by Gasteiger charge is 2.11. The summed E-state index contributed by atoms with van der Waals surface area (Å²) in [6.45, 7) is 0.441. The van der Waals surface area contributed by atoms with Gasteiger partial charge in [-0.05, 0) is 29.8 Å². The summed E-state index contributed by atoms with van der Waals surface area (Å²) in [6, 6.07) is 16.8. The van der Waals surface area contributed by atoms with Gasteiger partial charge in [0.25, 0.3) is 0 Å². The summed E-state index contributed by atoms with van der Waals surface area (Å²) in [4.78, 5) is 16.6. The van der Waals surface area contributed by atoms with E-state index in [1.807, 2.05) is 42.5 Å². The highest BCUT2D eigenvalue weighted by atomic mass is 32.1. The quantitative estimate of drug-likeness (QED) is 0.353. The van der Waals surface area contributed by atoms with Crippen molar-refractivity contribution >= 4 is 27.4 Å². The van der Waals surface area contributed by atoms with Gasteiger partial charge in [0.05, 0.1) is 24.9 Å². The Kier molecular flexibility index (Phi) is 4.76. The van der Waals surface area contributed by atoms with Crippen LogP contribution in [0.2, 0.25) is 0 Å². The van der Waals surface area contributed by atoms with Crippen molar-refractivity contribution in [1.29, 1.82) is 0 Å². The highest BCUT2D eigenvalue weighted by Crippen LogP contribution is 2.27. The number of para-hydroxylation sites is 1. The van der Waals surface area contributed by atoms with Crippen molar-refractivity contribution in [2.24, 2.45) is 10.2 Å². The number of hydrogen-bond donors (Lipinski definition) is 0. The van der Waals surface area contributed by atoms with Gasteiger partial charge in [-0.2, -0.15) is 5.11 Å². The number of thiazole rings is 1. The third kappa shape index (κ3) is 3.78. The first-order valence-corrected chi connectivity index (χ1v) is 9.10. The molecule has 2 aromatic heterocycles. The molecule has 27 heavy (non-hydrogen) atoms. The smallest absolute Gasteiger partial charge is 0.345 e. The molecule has 0 aliphatic heterocycles. The van der Waals surface area contributed by atoms with Crippen molar-refractivity contribution in [2.75, 3.05) is 7.11 Å². The fourth-order valence-electron chi connectivity index (χ4n) is 2.58. The number of hydrogen-bond acceptors (Lipinski definition) is 7. The molecule has 0 saturated carbocycles. The third-order valence-corrected chi connectivity index (χ3v) is 4.70. The molecule has 134 valence electrons. The molecule has 0 aliphatic carbocycles. The average Bonchev–Trinajstić information content (AvgIpc) is 3.16. The summed E-state index contributed by atoms with van der Waals surface area (Å²) in [5.41, 5.74) is 2.12. The number of rotatable bonds is 5. The molecule has 0 unspecified atom stereocenters. The second-order valence-electron chi connectivity index (χ2n) is 5.75. The van der Waals surface area contributed by atoms with Crippen molar-refractivity contribution < 1.29 is 9.15 Å². The number of benzene rings is 2. The topological polar surface area (TPSA) is 77.1 Å². The highest BCUT2D eigenvalue weighted by molar-refractivity contribution is 7.13. The Morgan fingerprint density at radius 2 is 1.96 bits per heavy atom. The molecule has 0 amide bonds. The van der Waals surface area contributed by atoms with E-state index in [2.05, 4.69) is 15.2 Å². The number of aromatic nitrogens is 1. The maximum Gasteiger partial charge on any atom is 0.345 e. The first-order chi connectivity index (χ1) is 13.2. The number of azo groups is 1. The molecule has 0 saturated heterocycles. The molecule has 0 N–H and O–H groups in total. The normalized spacial score (nSPS) is 11.3. The number of fused-ring (bicyclic) bond motifs is 1. The van der Waals surface area contributed by atoms with Gasteiger partial charge in [-0.1, -0.05) is 30.3 Å². The maximum absolute atomic E-state index is 12.2. The van der Waals surface area contributed by atoms with Gasteiger partial charge in [0.2, 0.25) is 5.13 Å². The summed E-state index contributed by atoms with van der Waals surface area (Å²) in [7, 11) is 1.63. The van der Waals surface area contributed by atoms with Gasteiger partial charge in [-0.3, -0.25) is 0 Å². The van der Waals surface area contributed by atoms with Crippen LogP contribution in [0.15, 0.2) is 79.4 Å². The van der Waals surface area contributed by atoms with E-state index in [-0.39, 0.29) is 0 Å². The van der Waals surface area contributed by atoms with Crippen LogP contribution in [-0.2, 0) is 6.54 Å². The second kappa shape index (κ2) is 7.51. The largest absolute Gasteiger partial charge is 0.497 e. The molecule has 0 radical (unpaired) electrons. The zero-order chi connectivity index (χ0) is 18.6. The monoisotopic (exact) mass is 377 g/mol. The Bertz CT molecular complexity index is 1160. The lowest BCUT2D eigenvalue weighted by Crippen LogP contribution is -2.02. The van der Waals surface area contributed by atoms with E-state index in [0.717, 1.165) is 16.7 Å². The zero-order valence-corrected chi connectivity index (χ0v) is 15.3. The molecule has 2 aromatic carbocycles. The van der Waals surface area contributed by atoms with Gasteiger partial charge in [0.15, 0.2) is 0 Å².